The average Bonchev–Trinajstić information content (AvgIpc) is 3.15. The molecule has 0 spiro atoms. The number of nitro benzene ring substituents is 1. The normalized spacial score (nSPS) is 17.7. The third kappa shape index (κ3) is 2.71. The van der Waals surface area contributed by atoms with Crippen LogP contribution in [0.15, 0.2) is 29.8 Å². The summed E-state index contributed by atoms with van der Waals surface area (Å²) in [7, 11) is 0. The lowest BCUT2D eigenvalue weighted by Gasteiger charge is -2.23. The lowest BCUT2D eigenvalue weighted by Crippen LogP contribution is -2.30. The molecule has 2 aromatic rings. The number of nitro groups is 1. The molecule has 1 amide bonds. The van der Waals surface area contributed by atoms with E-state index in [0.717, 1.165) is 17.0 Å². The van der Waals surface area contributed by atoms with Gasteiger partial charge in [0.15, 0.2) is 0 Å². The first-order valence-corrected chi connectivity index (χ1v) is 8.58. The van der Waals surface area contributed by atoms with E-state index in [1.165, 1.54) is 23.5 Å². The zero-order chi connectivity index (χ0) is 15.7. The number of hydrogen-bond acceptors (Lipinski definition) is 6. The van der Waals surface area contributed by atoms with E-state index in [2.05, 4.69) is 4.98 Å². The Morgan fingerprint density at radius 2 is 2.14 bits per heavy atom. The Morgan fingerprint density at radius 3 is 2.73 bits per heavy atom. The maximum absolute atomic E-state index is 12.7. The minimum absolute atomic E-state index is 0.0200. The smallest absolute Gasteiger partial charge is 0.269 e. The zero-order valence-electron chi connectivity index (χ0n) is 11.8. The standard InChI is InChI=1S/C14H13N3O3S2/c1-9-12(22-8-15-9)13(18)16-6-7-21-14(16)10-2-4-11(5-3-10)17(19)20/h2-5,8,14H,6-7H2,1H3. The van der Waals surface area contributed by atoms with E-state index < -0.39 is 4.92 Å². The molecule has 1 fully saturated rings. The summed E-state index contributed by atoms with van der Waals surface area (Å²) >= 11 is 3.02. The van der Waals surface area contributed by atoms with E-state index in [9.17, 15) is 14.9 Å². The Bertz CT molecular complexity index is 714. The highest BCUT2D eigenvalue weighted by Crippen LogP contribution is 2.39. The Balaban J connectivity index is 1.85. The van der Waals surface area contributed by atoms with Crippen molar-refractivity contribution >= 4 is 34.7 Å². The molecule has 0 saturated carbocycles. The summed E-state index contributed by atoms with van der Waals surface area (Å²) in [6.45, 7) is 2.50. The van der Waals surface area contributed by atoms with E-state index >= 15 is 0 Å². The minimum Gasteiger partial charge on any atom is -0.321 e. The molecule has 3 rings (SSSR count). The van der Waals surface area contributed by atoms with Gasteiger partial charge in [-0.25, -0.2) is 4.98 Å². The van der Waals surface area contributed by atoms with Crippen molar-refractivity contribution in [2.24, 2.45) is 0 Å². The van der Waals surface area contributed by atoms with Gasteiger partial charge in [0.2, 0.25) is 0 Å². The quantitative estimate of drug-likeness (QED) is 0.636. The second-order valence-corrected chi connectivity index (χ2v) is 6.88. The van der Waals surface area contributed by atoms with E-state index in [-0.39, 0.29) is 17.0 Å². The van der Waals surface area contributed by atoms with Crippen molar-refractivity contribution < 1.29 is 9.72 Å². The molecular formula is C14H13N3O3S2. The number of benzene rings is 1. The number of carbonyl (C=O) groups is 1. The summed E-state index contributed by atoms with van der Waals surface area (Å²) in [6.07, 6.45) is 0. The van der Waals surface area contributed by atoms with Gasteiger partial charge in [0.05, 0.1) is 16.1 Å². The SMILES string of the molecule is Cc1ncsc1C(=O)N1CCSC1c1ccc([N+](=O)[O-])cc1. The largest absolute Gasteiger partial charge is 0.321 e. The molecule has 1 aliphatic rings. The molecule has 6 nitrogen and oxygen atoms in total. The highest BCUT2D eigenvalue weighted by atomic mass is 32.2. The number of aromatic nitrogens is 1. The van der Waals surface area contributed by atoms with Crippen molar-refractivity contribution in [2.75, 3.05) is 12.3 Å². The molecule has 1 aromatic heterocycles. The van der Waals surface area contributed by atoms with E-state index in [4.69, 9.17) is 0 Å². The van der Waals surface area contributed by atoms with E-state index in [0.29, 0.717) is 11.4 Å². The Labute approximate surface area is 135 Å². The maximum Gasteiger partial charge on any atom is 0.269 e. The van der Waals surface area contributed by atoms with Gasteiger partial charge in [-0.05, 0) is 24.6 Å². The molecule has 0 N–H and O–H groups in total. The minimum atomic E-state index is -0.421. The van der Waals surface area contributed by atoms with Crippen LogP contribution in [0.2, 0.25) is 0 Å². The maximum atomic E-state index is 12.7. The first-order valence-electron chi connectivity index (χ1n) is 6.65. The fourth-order valence-corrected chi connectivity index (χ4v) is 4.37. The Morgan fingerprint density at radius 1 is 1.41 bits per heavy atom. The molecule has 1 saturated heterocycles. The van der Waals surface area contributed by atoms with Crippen molar-refractivity contribution in [1.29, 1.82) is 0 Å². The van der Waals surface area contributed by atoms with Crippen LogP contribution in [0.3, 0.4) is 0 Å². The molecule has 1 atom stereocenters. The van der Waals surface area contributed by atoms with Gasteiger partial charge in [-0.3, -0.25) is 14.9 Å². The summed E-state index contributed by atoms with van der Waals surface area (Å²) in [5.74, 6) is 0.832. The summed E-state index contributed by atoms with van der Waals surface area (Å²) in [6, 6.07) is 6.41. The predicted octanol–water partition coefficient (Wildman–Crippen LogP) is 3.25. The fourth-order valence-electron chi connectivity index (χ4n) is 2.35. The summed E-state index contributed by atoms with van der Waals surface area (Å²) in [4.78, 5) is 29.6. The van der Waals surface area contributed by atoms with Crippen molar-refractivity contribution in [3.63, 3.8) is 0 Å². The fraction of sp³-hybridized carbons (Fsp3) is 0.286. The van der Waals surface area contributed by atoms with Crippen LogP contribution in [0.5, 0.6) is 0 Å². The lowest BCUT2D eigenvalue weighted by atomic mass is 10.2. The average molecular weight is 335 g/mol. The molecule has 0 radical (unpaired) electrons. The van der Waals surface area contributed by atoms with Gasteiger partial charge in [-0.1, -0.05) is 0 Å². The van der Waals surface area contributed by atoms with Crippen LogP contribution in [-0.2, 0) is 0 Å². The molecule has 1 aliphatic heterocycles. The predicted molar refractivity (Wildman–Crippen MR) is 86.2 cm³/mol. The first-order chi connectivity index (χ1) is 10.6. The van der Waals surface area contributed by atoms with Crippen LogP contribution in [0, 0.1) is 17.0 Å². The molecule has 114 valence electrons. The molecule has 2 heterocycles. The van der Waals surface area contributed by atoms with E-state index in [1.807, 2.05) is 11.8 Å². The van der Waals surface area contributed by atoms with Crippen LogP contribution in [0.4, 0.5) is 5.69 Å². The Hall–Kier alpha value is -1.93. The van der Waals surface area contributed by atoms with Gasteiger partial charge in [0.25, 0.3) is 11.6 Å². The van der Waals surface area contributed by atoms with Crippen LogP contribution >= 0.6 is 23.1 Å². The van der Waals surface area contributed by atoms with Gasteiger partial charge in [0, 0.05) is 24.4 Å². The van der Waals surface area contributed by atoms with Crippen LogP contribution < -0.4 is 0 Å². The van der Waals surface area contributed by atoms with Crippen LogP contribution in [-0.4, -0.2) is 33.0 Å². The molecule has 1 aromatic carbocycles. The number of hydrogen-bond donors (Lipinski definition) is 0. The molecule has 1 unspecified atom stereocenters. The Kier molecular flexibility index (Phi) is 4.12. The molecule has 0 bridgehead atoms. The number of amides is 1. The summed E-state index contributed by atoms with van der Waals surface area (Å²) in [5, 5.41) is 10.6. The number of rotatable bonds is 3. The number of thioether (sulfide) groups is 1. The third-order valence-corrected chi connectivity index (χ3v) is 5.66. The van der Waals surface area contributed by atoms with Gasteiger partial charge in [0.1, 0.15) is 10.3 Å². The van der Waals surface area contributed by atoms with E-state index in [1.54, 1.807) is 29.4 Å². The van der Waals surface area contributed by atoms with Crippen LogP contribution in [0.1, 0.15) is 26.3 Å². The molecular weight excluding hydrogens is 322 g/mol. The number of carbonyl (C=O) groups excluding carboxylic acids is 1. The van der Waals surface area contributed by atoms with Crippen molar-refractivity contribution in [3.05, 3.63) is 56.0 Å². The van der Waals surface area contributed by atoms with Crippen LogP contribution in [0.25, 0.3) is 0 Å². The number of aryl methyl sites for hydroxylation is 1. The summed E-state index contributed by atoms with van der Waals surface area (Å²) in [5.41, 5.74) is 3.38. The zero-order valence-corrected chi connectivity index (χ0v) is 13.4. The summed E-state index contributed by atoms with van der Waals surface area (Å²) < 4.78 is 0. The van der Waals surface area contributed by atoms with Crippen molar-refractivity contribution in [1.82, 2.24) is 9.88 Å². The third-order valence-electron chi connectivity index (χ3n) is 3.48. The number of nitrogens with zero attached hydrogens (tertiary/aromatic N) is 3. The van der Waals surface area contributed by atoms with Crippen molar-refractivity contribution in [3.8, 4) is 0 Å². The highest BCUT2D eigenvalue weighted by molar-refractivity contribution is 7.99. The van der Waals surface area contributed by atoms with Gasteiger partial charge < -0.3 is 4.90 Å². The topological polar surface area (TPSA) is 76.3 Å². The second-order valence-electron chi connectivity index (χ2n) is 4.84. The van der Waals surface area contributed by atoms with Gasteiger partial charge in [-0.2, -0.15) is 0 Å². The number of non-ortho nitro benzene ring substituents is 1. The molecule has 22 heavy (non-hydrogen) atoms. The first kappa shape index (κ1) is 15.0. The lowest BCUT2D eigenvalue weighted by molar-refractivity contribution is -0.384. The van der Waals surface area contributed by atoms with Gasteiger partial charge >= 0.3 is 0 Å². The monoisotopic (exact) mass is 335 g/mol. The molecule has 0 aliphatic carbocycles. The highest BCUT2D eigenvalue weighted by Gasteiger charge is 2.32. The van der Waals surface area contributed by atoms with Gasteiger partial charge in [-0.15, -0.1) is 23.1 Å². The van der Waals surface area contributed by atoms with Crippen molar-refractivity contribution in [2.45, 2.75) is 12.3 Å². The number of thiazole rings is 1. The second kappa shape index (κ2) is 6.05. The molecule has 8 heteroatoms.